The second kappa shape index (κ2) is 5.79. The van der Waals surface area contributed by atoms with E-state index in [1.807, 2.05) is 0 Å². The molecule has 0 aliphatic rings. The SMILES string of the molecule is CC(C)N(CC#N)S(=O)(=O)c1cccc(F)c1C#N. The van der Waals surface area contributed by atoms with E-state index in [1.54, 1.807) is 26.0 Å². The zero-order chi connectivity index (χ0) is 14.6. The van der Waals surface area contributed by atoms with E-state index in [1.165, 1.54) is 6.07 Å². The number of hydrogen-bond donors (Lipinski definition) is 0. The summed E-state index contributed by atoms with van der Waals surface area (Å²) in [5, 5.41) is 17.6. The molecule has 0 aliphatic heterocycles. The Morgan fingerprint density at radius 2 is 2.00 bits per heavy atom. The maximum absolute atomic E-state index is 13.5. The molecule has 0 atom stereocenters. The molecule has 0 N–H and O–H groups in total. The molecule has 1 rings (SSSR count). The number of rotatable bonds is 4. The summed E-state index contributed by atoms with van der Waals surface area (Å²) in [6.07, 6.45) is 0. The van der Waals surface area contributed by atoms with Crippen LogP contribution in [0.25, 0.3) is 0 Å². The molecule has 1 aromatic carbocycles. The molecule has 1 aromatic rings. The Bertz CT molecular complexity index is 657. The first-order valence-electron chi connectivity index (χ1n) is 5.43. The van der Waals surface area contributed by atoms with Gasteiger partial charge in [-0.2, -0.15) is 14.8 Å². The molecule has 19 heavy (non-hydrogen) atoms. The fourth-order valence-electron chi connectivity index (χ4n) is 1.57. The van der Waals surface area contributed by atoms with Crippen molar-refractivity contribution in [1.29, 1.82) is 10.5 Å². The number of halogens is 1. The van der Waals surface area contributed by atoms with Crippen molar-refractivity contribution in [1.82, 2.24) is 4.31 Å². The molecule has 0 saturated heterocycles. The van der Waals surface area contributed by atoms with Gasteiger partial charge in [0.25, 0.3) is 0 Å². The second-order valence-electron chi connectivity index (χ2n) is 4.03. The number of nitriles is 2. The first-order valence-corrected chi connectivity index (χ1v) is 6.87. The van der Waals surface area contributed by atoms with Gasteiger partial charge >= 0.3 is 0 Å². The quantitative estimate of drug-likeness (QED) is 0.785. The Kier molecular flexibility index (Phi) is 4.60. The lowest BCUT2D eigenvalue weighted by Gasteiger charge is -2.23. The largest absolute Gasteiger partial charge is 0.245 e. The van der Waals surface area contributed by atoms with Gasteiger partial charge in [-0.25, -0.2) is 12.8 Å². The van der Waals surface area contributed by atoms with Crippen molar-refractivity contribution in [2.45, 2.75) is 24.8 Å². The standard InChI is InChI=1S/C12H12FN3O2S/c1-9(2)16(7-6-14)19(17,18)12-5-3-4-11(13)10(12)8-15/h3-5,9H,7H2,1-2H3. The van der Waals surface area contributed by atoms with Crippen LogP contribution < -0.4 is 0 Å². The monoisotopic (exact) mass is 281 g/mol. The van der Waals surface area contributed by atoms with Crippen LogP contribution in [0, 0.1) is 28.5 Å². The number of hydrogen-bond acceptors (Lipinski definition) is 4. The molecule has 0 saturated carbocycles. The van der Waals surface area contributed by atoms with Gasteiger partial charge in [0.05, 0.1) is 6.07 Å². The summed E-state index contributed by atoms with van der Waals surface area (Å²) in [6, 6.07) is 6.20. The van der Waals surface area contributed by atoms with Crippen LogP contribution in [0.1, 0.15) is 19.4 Å². The lowest BCUT2D eigenvalue weighted by Crippen LogP contribution is -2.37. The van der Waals surface area contributed by atoms with E-state index >= 15 is 0 Å². The van der Waals surface area contributed by atoms with E-state index in [0.29, 0.717) is 0 Å². The van der Waals surface area contributed by atoms with Gasteiger partial charge < -0.3 is 0 Å². The molecule has 0 spiro atoms. The first-order chi connectivity index (χ1) is 8.86. The van der Waals surface area contributed by atoms with Crippen molar-refractivity contribution < 1.29 is 12.8 Å². The highest BCUT2D eigenvalue weighted by atomic mass is 32.2. The topological polar surface area (TPSA) is 85.0 Å². The Hall–Kier alpha value is -1.96. The number of sulfonamides is 1. The average Bonchev–Trinajstić information content (AvgIpc) is 2.34. The zero-order valence-electron chi connectivity index (χ0n) is 10.5. The Labute approximate surface area is 111 Å². The van der Waals surface area contributed by atoms with Crippen LogP contribution in [0.4, 0.5) is 4.39 Å². The van der Waals surface area contributed by atoms with E-state index in [2.05, 4.69) is 0 Å². The molecule has 0 bridgehead atoms. The zero-order valence-corrected chi connectivity index (χ0v) is 11.3. The Balaban J connectivity index is 3.48. The van der Waals surface area contributed by atoms with Crippen LogP contribution in [0.5, 0.6) is 0 Å². The molecule has 100 valence electrons. The van der Waals surface area contributed by atoms with Crippen LogP contribution in [0.2, 0.25) is 0 Å². The smallest absolute Gasteiger partial charge is 0.207 e. The van der Waals surface area contributed by atoms with Gasteiger partial charge in [-0.15, -0.1) is 0 Å². The molecular formula is C12H12FN3O2S. The average molecular weight is 281 g/mol. The molecule has 0 aliphatic carbocycles. The molecule has 5 nitrogen and oxygen atoms in total. The minimum Gasteiger partial charge on any atom is -0.207 e. The fraction of sp³-hybridized carbons (Fsp3) is 0.333. The maximum Gasteiger partial charge on any atom is 0.245 e. The fourth-order valence-corrected chi connectivity index (χ4v) is 3.26. The molecule has 0 amide bonds. The highest BCUT2D eigenvalue weighted by molar-refractivity contribution is 7.89. The molecular weight excluding hydrogens is 269 g/mol. The summed E-state index contributed by atoms with van der Waals surface area (Å²) in [5.41, 5.74) is -0.536. The van der Waals surface area contributed by atoms with E-state index < -0.39 is 32.3 Å². The minimum absolute atomic E-state index is 0.360. The van der Waals surface area contributed by atoms with E-state index in [4.69, 9.17) is 10.5 Å². The summed E-state index contributed by atoms with van der Waals surface area (Å²) in [5.74, 6) is -0.899. The van der Waals surface area contributed by atoms with Crippen LogP contribution in [0.3, 0.4) is 0 Å². The number of benzene rings is 1. The normalized spacial score (nSPS) is 11.3. The van der Waals surface area contributed by atoms with Gasteiger partial charge in [0, 0.05) is 6.04 Å². The third-order valence-corrected chi connectivity index (χ3v) is 4.54. The summed E-state index contributed by atoms with van der Waals surface area (Å²) < 4.78 is 39.1. The molecule has 0 unspecified atom stereocenters. The van der Waals surface area contributed by atoms with Gasteiger partial charge in [-0.3, -0.25) is 0 Å². The van der Waals surface area contributed by atoms with Crippen molar-refractivity contribution in [2.75, 3.05) is 6.54 Å². The highest BCUT2D eigenvalue weighted by Crippen LogP contribution is 2.23. The van der Waals surface area contributed by atoms with Gasteiger partial charge in [0.2, 0.25) is 10.0 Å². The lowest BCUT2D eigenvalue weighted by molar-refractivity contribution is 0.385. The molecule has 0 radical (unpaired) electrons. The summed E-state index contributed by atoms with van der Waals surface area (Å²) in [6.45, 7) is 2.84. The van der Waals surface area contributed by atoms with Gasteiger partial charge in [-0.1, -0.05) is 6.07 Å². The van der Waals surface area contributed by atoms with E-state index in [0.717, 1.165) is 16.4 Å². The number of nitrogens with zero attached hydrogens (tertiary/aromatic N) is 3. The Morgan fingerprint density at radius 1 is 1.37 bits per heavy atom. The summed E-state index contributed by atoms with van der Waals surface area (Å²) in [4.78, 5) is -0.418. The summed E-state index contributed by atoms with van der Waals surface area (Å²) >= 11 is 0. The third-order valence-electron chi connectivity index (χ3n) is 2.48. The van der Waals surface area contributed by atoms with E-state index in [9.17, 15) is 12.8 Å². The van der Waals surface area contributed by atoms with Crippen LogP contribution in [-0.4, -0.2) is 25.3 Å². The Morgan fingerprint density at radius 3 is 2.47 bits per heavy atom. The van der Waals surface area contributed by atoms with Crippen molar-refractivity contribution in [3.8, 4) is 12.1 Å². The van der Waals surface area contributed by atoms with Crippen LogP contribution >= 0.6 is 0 Å². The highest BCUT2D eigenvalue weighted by Gasteiger charge is 2.30. The molecule has 0 heterocycles. The second-order valence-corrected chi connectivity index (χ2v) is 5.89. The minimum atomic E-state index is -4.08. The van der Waals surface area contributed by atoms with E-state index in [-0.39, 0.29) is 6.54 Å². The summed E-state index contributed by atoms with van der Waals surface area (Å²) in [7, 11) is -4.08. The lowest BCUT2D eigenvalue weighted by atomic mass is 10.2. The molecule has 7 heteroatoms. The molecule has 0 aromatic heterocycles. The van der Waals surface area contributed by atoms with Crippen LogP contribution in [-0.2, 0) is 10.0 Å². The maximum atomic E-state index is 13.5. The van der Waals surface area contributed by atoms with Crippen molar-refractivity contribution in [3.05, 3.63) is 29.6 Å². The molecule has 0 fully saturated rings. The predicted octanol–water partition coefficient (Wildman–Crippen LogP) is 1.62. The third kappa shape index (κ3) is 2.90. The van der Waals surface area contributed by atoms with Gasteiger partial charge in [0.1, 0.15) is 28.9 Å². The predicted molar refractivity (Wildman–Crippen MR) is 65.8 cm³/mol. The van der Waals surface area contributed by atoms with Gasteiger partial charge in [0.15, 0.2) is 0 Å². The van der Waals surface area contributed by atoms with Crippen LogP contribution in [0.15, 0.2) is 23.1 Å². The van der Waals surface area contributed by atoms with Crippen molar-refractivity contribution in [3.63, 3.8) is 0 Å². The van der Waals surface area contributed by atoms with Crippen molar-refractivity contribution in [2.24, 2.45) is 0 Å². The van der Waals surface area contributed by atoms with Crippen molar-refractivity contribution >= 4 is 10.0 Å². The van der Waals surface area contributed by atoms with Gasteiger partial charge in [-0.05, 0) is 26.0 Å². The first kappa shape index (κ1) is 15.1.